The topological polar surface area (TPSA) is 97.0 Å². The summed E-state index contributed by atoms with van der Waals surface area (Å²) in [6.45, 7) is 6.27. The molecule has 0 saturated heterocycles. The quantitative estimate of drug-likeness (QED) is 0.505. The third-order valence-corrected chi connectivity index (χ3v) is 6.02. The maximum atomic E-state index is 4.94. The van der Waals surface area contributed by atoms with Crippen LogP contribution in [-0.4, -0.2) is 46.6 Å². The highest BCUT2D eigenvalue weighted by Crippen LogP contribution is 2.35. The number of fused-ring (bicyclic) bond motifs is 2. The van der Waals surface area contributed by atoms with Crippen LogP contribution in [0.3, 0.4) is 0 Å². The van der Waals surface area contributed by atoms with Gasteiger partial charge in [-0.15, -0.1) is 0 Å². The molecule has 6 heterocycles. The first kappa shape index (κ1) is 20.2. The van der Waals surface area contributed by atoms with Crippen LogP contribution in [0.5, 0.6) is 0 Å². The summed E-state index contributed by atoms with van der Waals surface area (Å²) in [5.41, 5.74) is 7.19. The van der Waals surface area contributed by atoms with Crippen molar-refractivity contribution in [2.75, 3.05) is 0 Å². The number of nitrogens with zero attached hydrogens (tertiary/aromatic N) is 8. The molecule has 0 bridgehead atoms. The Morgan fingerprint density at radius 2 is 1.91 bits per heavy atom. The summed E-state index contributed by atoms with van der Waals surface area (Å²) in [6, 6.07) is 6.30. The van der Waals surface area contributed by atoms with Crippen molar-refractivity contribution < 1.29 is 0 Å². The Morgan fingerprint density at radius 1 is 1.00 bits per heavy atom. The van der Waals surface area contributed by atoms with E-state index in [-0.39, 0.29) is 6.17 Å². The number of pyridine rings is 2. The number of aromatic nitrogens is 6. The molecule has 0 aromatic carbocycles. The zero-order valence-corrected chi connectivity index (χ0v) is 19.1. The van der Waals surface area contributed by atoms with Gasteiger partial charge >= 0.3 is 0 Å². The molecule has 34 heavy (non-hydrogen) atoms. The van der Waals surface area contributed by atoms with Crippen LogP contribution < -0.4 is 5.32 Å². The summed E-state index contributed by atoms with van der Waals surface area (Å²) in [4.78, 5) is 17.7. The molecule has 1 unspecified atom stereocenters. The molecule has 4 aromatic heterocycles. The lowest BCUT2D eigenvalue weighted by Crippen LogP contribution is -2.35. The maximum absolute atomic E-state index is 4.94. The highest BCUT2D eigenvalue weighted by Gasteiger charge is 2.31. The smallest absolute Gasteiger partial charge is 0.160 e. The van der Waals surface area contributed by atoms with Crippen molar-refractivity contribution in [2.24, 2.45) is 5.10 Å². The molecule has 0 radical (unpaired) electrons. The van der Waals surface area contributed by atoms with Crippen LogP contribution in [0.15, 0.2) is 72.8 Å². The predicted octanol–water partition coefficient (Wildman–Crippen LogP) is 3.87. The van der Waals surface area contributed by atoms with E-state index < -0.39 is 0 Å². The number of nitrogens with one attached hydrogen (secondary N) is 1. The lowest BCUT2D eigenvalue weighted by atomic mass is 10.0. The van der Waals surface area contributed by atoms with Gasteiger partial charge < -0.3 is 5.32 Å². The van der Waals surface area contributed by atoms with E-state index in [1.807, 2.05) is 47.2 Å². The van der Waals surface area contributed by atoms with E-state index >= 15 is 0 Å². The van der Waals surface area contributed by atoms with Gasteiger partial charge in [-0.25, -0.2) is 15.0 Å². The lowest BCUT2D eigenvalue weighted by molar-refractivity contribution is 0.356. The van der Waals surface area contributed by atoms with Gasteiger partial charge in [-0.05, 0) is 45.0 Å². The van der Waals surface area contributed by atoms with Gasteiger partial charge in [0.1, 0.15) is 11.9 Å². The number of rotatable bonds is 4. The third kappa shape index (κ3) is 3.33. The summed E-state index contributed by atoms with van der Waals surface area (Å²) in [7, 11) is 0. The van der Waals surface area contributed by atoms with Crippen LogP contribution in [-0.2, 0) is 0 Å². The van der Waals surface area contributed by atoms with E-state index in [0.717, 1.165) is 39.2 Å². The first-order chi connectivity index (χ1) is 16.6. The molecule has 9 heteroatoms. The monoisotopic (exact) mass is 449 g/mol. The van der Waals surface area contributed by atoms with Gasteiger partial charge in [0.25, 0.3) is 0 Å². The van der Waals surface area contributed by atoms with Gasteiger partial charge in [0.2, 0.25) is 0 Å². The second-order valence-corrected chi connectivity index (χ2v) is 8.57. The van der Waals surface area contributed by atoms with Crippen LogP contribution in [0.25, 0.3) is 33.7 Å². The zero-order chi connectivity index (χ0) is 23.2. The SMILES string of the molecule is CC1=NN2C(c3ccnc4nc(-c5cnccn5)ccc34)=CNC2C=C1c1cnn(C(C)C)c1. The van der Waals surface area contributed by atoms with E-state index in [2.05, 4.69) is 51.5 Å². The van der Waals surface area contributed by atoms with Crippen LogP contribution in [0, 0.1) is 0 Å². The molecule has 0 saturated carbocycles. The second-order valence-electron chi connectivity index (χ2n) is 8.57. The first-order valence-electron chi connectivity index (χ1n) is 11.2. The maximum Gasteiger partial charge on any atom is 0.160 e. The third-order valence-electron chi connectivity index (χ3n) is 6.02. The van der Waals surface area contributed by atoms with Gasteiger partial charge in [-0.3, -0.25) is 14.6 Å². The summed E-state index contributed by atoms with van der Waals surface area (Å²) in [5.74, 6) is 0. The van der Waals surface area contributed by atoms with Crippen molar-refractivity contribution in [1.82, 2.24) is 40.0 Å². The molecule has 9 nitrogen and oxygen atoms in total. The highest BCUT2D eigenvalue weighted by molar-refractivity contribution is 6.23. The molecule has 168 valence electrons. The molecule has 0 fully saturated rings. The molecule has 0 aliphatic carbocycles. The van der Waals surface area contributed by atoms with E-state index in [4.69, 9.17) is 10.1 Å². The Kier molecular flexibility index (Phi) is 4.68. The van der Waals surface area contributed by atoms with Gasteiger partial charge in [0, 0.05) is 59.1 Å². The Hall–Kier alpha value is -4.40. The predicted molar refractivity (Wildman–Crippen MR) is 131 cm³/mol. The first-order valence-corrected chi connectivity index (χ1v) is 11.2. The van der Waals surface area contributed by atoms with Crippen molar-refractivity contribution in [3.05, 3.63) is 78.8 Å². The van der Waals surface area contributed by atoms with Gasteiger partial charge in [0.15, 0.2) is 5.65 Å². The molecule has 6 rings (SSSR count). The lowest BCUT2D eigenvalue weighted by Gasteiger charge is -2.28. The Bertz CT molecular complexity index is 1480. The van der Waals surface area contributed by atoms with Crippen molar-refractivity contribution in [1.29, 1.82) is 0 Å². The number of allylic oxidation sites excluding steroid dienone is 1. The van der Waals surface area contributed by atoms with E-state index in [1.54, 1.807) is 24.8 Å². The minimum Gasteiger partial charge on any atom is -0.365 e. The van der Waals surface area contributed by atoms with Crippen LogP contribution in [0.4, 0.5) is 0 Å². The molecule has 1 N–H and O–H groups in total. The molecule has 2 aliphatic rings. The highest BCUT2D eigenvalue weighted by atomic mass is 15.5. The Labute approximate surface area is 196 Å². The van der Waals surface area contributed by atoms with Gasteiger partial charge in [-0.2, -0.15) is 10.2 Å². The fourth-order valence-corrected chi connectivity index (χ4v) is 4.27. The summed E-state index contributed by atoms with van der Waals surface area (Å²) >= 11 is 0. The molecule has 1 atom stereocenters. The minimum atomic E-state index is -0.0776. The zero-order valence-electron chi connectivity index (χ0n) is 19.1. The largest absolute Gasteiger partial charge is 0.365 e. The molecule has 0 amide bonds. The average Bonchev–Trinajstić information content (AvgIpc) is 3.51. The van der Waals surface area contributed by atoms with Crippen LogP contribution in [0.2, 0.25) is 0 Å². The summed E-state index contributed by atoms with van der Waals surface area (Å²) in [6.07, 6.45) is 14.9. The van der Waals surface area contributed by atoms with Gasteiger partial charge in [-0.1, -0.05) is 0 Å². The Morgan fingerprint density at radius 3 is 2.71 bits per heavy atom. The van der Waals surface area contributed by atoms with Crippen LogP contribution >= 0.6 is 0 Å². The van der Waals surface area contributed by atoms with Crippen molar-refractivity contribution in [3.8, 4) is 11.4 Å². The van der Waals surface area contributed by atoms with E-state index in [0.29, 0.717) is 17.4 Å². The molecule has 0 spiro atoms. The fourth-order valence-electron chi connectivity index (χ4n) is 4.27. The number of hydrazone groups is 1. The molecule has 2 aliphatic heterocycles. The number of hydrogen-bond donors (Lipinski definition) is 1. The molecular formula is C25H23N9. The standard InChI is InChI=1S/C25H23N9/c1-15(2)33-14-17(11-30-33)20-10-24-29-13-23(34(24)32-16(20)3)18-6-7-28-25-19(18)4-5-21(31-25)22-12-26-8-9-27-22/h4-15,24,29H,1-3H3. The molecular weight excluding hydrogens is 426 g/mol. The van der Waals surface area contributed by atoms with E-state index in [9.17, 15) is 0 Å². The minimum absolute atomic E-state index is 0.0776. The van der Waals surface area contributed by atoms with E-state index in [1.165, 1.54) is 0 Å². The fraction of sp³-hybridized carbons (Fsp3) is 0.200. The second kappa shape index (κ2) is 7.87. The van der Waals surface area contributed by atoms with Crippen LogP contribution in [0.1, 0.15) is 37.9 Å². The average molecular weight is 450 g/mol. The normalized spacial score (nSPS) is 17.4. The van der Waals surface area contributed by atoms with Crippen molar-refractivity contribution in [3.63, 3.8) is 0 Å². The van der Waals surface area contributed by atoms with Gasteiger partial charge in [0.05, 0.1) is 29.5 Å². The summed E-state index contributed by atoms with van der Waals surface area (Å²) < 4.78 is 1.97. The van der Waals surface area contributed by atoms with Crippen molar-refractivity contribution in [2.45, 2.75) is 33.0 Å². The molecule has 4 aromatic rings. The van der Waals surface area contributed by atoms with Crippen molar-refractivity contribution >= 4 is 28.0 Å². The number of hydrogen-bond acceptors (Lipinski definition) is 8. The summed E-state index contributed by atoms with van der Waals surface area (Å²) in [5, 5.41) is 15.8. The Balaban J connectivity index is 1.34.